The van der Waals surface area contributed by atoms with Crippen LogP contribution in [-0.4, -0.2) is 39.6 Å². The molecule has 0 radical (unpaired) electrons. The van der Waals surface area contributed by atoms with Gasteiger partial charge in [-0.25, -0.2) is 9.59 Å². The van der Waals surface area contributed by atoms with E-state index in [9.17, 15) is 9.59 Å². The molecule has 25 heavy (non-hydrogen) atoms. The maximum absolute atomic E-state index is 12.5. The summed E-state index contributed by atoms with van der Waals surface area (Å²) in [5.74, 6) is 1.76. The van der Waals surface area contributed by atoms with Crippen LogP contribution in [0.3, 0.4) is 0 Å². The standard InChI is InChI=1S/C19H24N4O2/c24-18(20-14-10-12-9-13(12)11-14)22-7-5-15(6-8-22)23-17-4-2-1-3-16(17)21-19(23)25/h1-4,12-15H,5-11H2,(H,20,24)(H,21,25). The molecule has 2 atom stereocenters. The van der Waals surface area contributed by atoms with Gasteiger partial charge in [-0.05, 0) is 56.1 Å². The summed E-state index contributed by atoms with van der Waals surface area (Å²) in [7, 11) is 0. The highest BCUT2D eigenvalue weighted by Crippen LogP contribution is 2.51. The van der Waals surface area contributed by atoms with Crippen LogP contribution in [0.1, 0.15) is 38.1 Å². The lowest BCUT2D eigenvalue weighted by Gasteiger charge is -2.33. The smallest absolute Gasteiger partial charge is 0.326 e. The van der Waals surface area contributed by atoms with Crippen molar-refractivity contribution in [2.24, 2.45) is 11.8 Å². The number of benzene rings is 1. The van der Waals surface area contributed by atoms with Gasteiger partial charge in [0.25, 0.3) is 0 Å². The third kappa shape index (κ3) is 2.64. The molecular formula is C19H24N4O2. The summed E-state index contributed by atoms with van der Waals surface area (Å²) in [5.41, 5.74) is 1.79. The molecule has 2 saturated carbocycles. The number of H-pyrrole nitrogens is 1. The minimum atomic E-state index is -0.0470. The third-order valence-corrected chi connectivity index (χ3v) is 6.31. The number of rotatable bonds is 2. The molecule has 2 N–H and O–H groups in total. The van der Waals surface area contributed by atoms with Gasteiger partial charge >= 0.3 is 11.7 Å². The SMILES string of the molecule is O=C(NC1CC2CC2C1)N1CCC(n2c(=O)[nH]c3ccccc32)CC1. The van der Waals surface area contributed by atoms with Gasteiger partial charge in [-0.1, -0.05) is 12.1 Å². The Hall–Kier alpha value is -2.24. The molecule has 2 unspecified atom stereocenters. The van der Waals surface area contributed by atoms with Gasteiger partial charge in [-0.15, -0.1) is 0 Å². The number of fused-ring (bicyclic) bond motifs is 2. The lowest BCUT2D eigenvalue weighted by molar-refractivity contribution is 0.168. The van der Waals surface area contributed by atoms with E-state index in [2.05, 4.69) is 10.3 Å². The zero-order chi connectivity index (χ0) is 17.0. The van der Waals surface area contributed by atoms with Crippen molar-refractivity contribution in [1.82, 2.24) is 19.8 Å². The first kappa shape index (κ1) is 15.0. The predicted octanol–water partition coefficient (Wildman–Crippen LogP) is 2.47. The van der Waals surface area contributed by atoms with Gasteiger partial charge < -0.3 is 15.2 Å². The maximum Gasteiger partial charge on any atom is 0.326 e. The summed E-state index contributed by atoms with van der Waals surface area (Å²) in [6.45, 7) is 1.42. The van der Waals surface area contributed by atoms with Gasteiger partial charge in [0.15, 0.2) is 0 Å². The van der Waals surface area contributed by atoms with Crippen LogP contribution in [0.2, 0.25) is 0 Å². The van der Waals surface area contributed by atoms with Crippen LogP contribution < -0.4 is 11.0 Å². The lowest BCUT2D eigenvalue weighted by Crippen LogP contribution is -2.48. The summed E-state index contributed by atoms with van der Waals surface area (Å²) in [6, 6.07) is 8.43. The molecule has 2 aliphatic carbocycles. The molecular weight excluding hydrogens is 316 g/mol. The number of amides is 2. The van der Waals surface area contributed by atoms with Gasteiger partial charge in [-0.3, -0.25) is 4.57 Å². The number of urea groups is 1. The second-order valence-corrected chi connectivity index (χ2v) is 7.91. The molecule has 132 valence electrons. The van der Waals surface area contributed by atoms with Crippen molar-refractivity contribution in [1.29, 1.82) is 0 Å². The normalized spacial score (nSPS) is 29.0. The highest BCUT2D eigenvalue weighted by atomic mass is 16.2. The first-order valence-corrected chi connectivity index (χ1v) is 9.44. The Bertz CT molecular complexity index is 852. The van der Waals surface area contributed by atoms with Crippen molar-refractivity contribution in [3.63, 3.8) is 0 Å². The van der Waals surface area contributed by atoms with E-state index < -0.39 is 0 Å². The number of carbonyl (C=O) groups excluding carboxylic acids is 1. The molecule has 1 saturated heterocycles. The number of aromatic nitrogens is 2. The zero-order valence-electron chi connectivity index (χ0n) is 14.3. The van der Waals surface area contributed by atoms with Crippen molar-refractivity contribution in [2.75, 3.05) is 13.1 Å². The largest absolute Gasteiger partial charge is 0.335 e. The van der Waals surface area contributed by atoms with Crippen LogP contribution in [0.15, 0.2) is 29.1 Å². The van der Waals surface area contributed by atoms with Gasteiger partial charge in [0.2, 0.25) is 0 Å². The van der Waals surface area contributed by atoms with Gasteiger partial charge in [0.1, 0.15) is 0 Å². The van der Waals surface area contributed by atoms with E-state index in [0.717, 1.165) is 48.6 Å². The Morgan fingerprint density at radius 2 is 1.80 bits per heavy atom. The second-order valence-electron chi connectivity index (χ2n) is 7.91. The molecule has 1 aromatic heterocycles. The first-order chi connectivity index (χ1) is 12.2. The van der Waals surface area contributed by atoms with E-state index in [0.29, 0.717) is 19.1 Å². The van der Waals surface area contributed by atoms with E-state index in [-0.39, 0.29) is 17.8 Å². The lowest BCUT2D eigenvalue weighted by atomic mass is 10.0. The van der Waals surface area contributed by atoms with Gasteiger partial charge in [-0.2, -0.15) is 0 Å². The number of hydrogen-bond acceptors (Lipinski definition) is 2. The minimum Gasteiger partial charge on any atom is -0.335 e. The monoisotopic (exact) mass is 340 g/mol. The number of nitrogens with one attached hydrogen (secondary N) is 2. The molecule has 2 amide bonds. The summed E-state index contributed by atoms with van der Waals surface area (Å²) in [4.78, 5) is 29.7. The molecule has 3 fully saturated rings. The fourth-order valence-corrected chi connectivity index (χ4v) is 4.86. The fourth-order valence-electron chi connectivity index (χ4n) is 4.86. The Balaban J connectivity index is 1.24. The van der Waals surface area contributed by atoms with Gasteiger partial charge in [0.05, 0.1) is 11.0 Å². The van der Waals surface area contributed by atoms with Crippen molar-refractivity contribution >= 4 is 17.1 Å². The van der Waals surface area contributed by atoms with Crippen LogP contribution in [0.5, 0.6) is 0 Å². The van der Waals surface area contributed by atoms with Crippen LogP contribution >= 0.6 is 0 Å². The molecule has 0 spiro atoms. The molecule has 3 aliphatic rings. The number of aromatic amines is 1. The molecule has 5 rings (SSSR count). The number of imidazole rings is 1. The molecule has 6 nitrogen and oxygen atoms in total. The summed E-state index contributed by atoms with van der Waals surface area (Å²) in [5, 5.41) is 3.21. The van der Waals surface area contributed by atoms with Gasteiger partial charge in [0, 0.05) is 25.2 Å². The minimum absolute atomic E-state index is 0.0470. The number of nitrogens with zero attached hydrogens (tertiary/aromatic N) is 2. The Morgan fingerprint density at radius 1 is 1.08 bits per heavy atom. The highest BCUT2D eigenvalue weighted by Gasteiger charge is 2.46. The number of likely N-dealkylation sites (tertiary alicyclic amines) is 1. The van der Waals surface area contributed by atoms with E-state index >= 15 is 0 Å². The quantitative estimate of drug-likeness (QED) is 0.882. The summed E-state index contributed by atoms with van der Waals surface area (Å²) >= 11 is 0. The first-order valence-electron chi connectivity index (χ1n) is 9.44. The molecule has 6 heteroatoms. The van der Waals surface area contributed by atoms with Crippen LogP contribution in [0.25, 0.3) is 11.0 Å². The number of hydrogen-bond donors (Lipinski definition) is 2. The Kier molecular flexibility index (Phi) is 3.40. The molecule has 2 heterocycles. The predicted molar refractivity (Wildman–Crippen MR) is 95.6 cm³/mol. The molecule has 1 aliphatic heterocycles. The number of carbonyl (C=O) groups is 1. The summed E-state index contributed by atoms with van der Waals surface area (Å²) in [6.07, 6.45) is 5.35. The molecule has 0 bridgehead atoms. The molecule has 1 aromatic carbocycles. The highest BCUT2D eigenvalue weighted by molar-refractivity contribution is 5.76. The average Bonchev–Trinajstić information content (AvgIpc) is 3.08. The van der Waals surface area contributed by atoms with Crippen molar-refractivity contribution in [3.05, 3.63) is 34.7 Å². The third-order valence-electron chi connectivity index (χ3n) is 6.31. The van der Waals surface area contributed by atoms with Crippen LogP contribution in [0.4, 0.5) is 4.79 Å². The van der Waals surface area contributed by atoms with E-state index in [4.69, 9.17) is 0 Å². The fraction of sp³-hybridized carbons (Fsp3) is 0.579. The molecule has 2 aromatic rings. The maximum atomic E-state index is 12.5. The Labute approximate surface area is 146 Å². The van der Waals surface area contributed by atoms with Crippen molar-refractivity contribution in [3.8, 4) is 0 Å². The van der Waals surface area contributed by atoms with Crippen LogP contribution in [0, 0.1) is 11.8 Å². The van der Waals surface area contributed by atoms with E-state index in [1.165, 1.54) is 6.42 Å². The topological polar surface area (TPSA) is 70.1 Å². The average molecular weight is 340 g/mol. The van der Waals surface area contributed by atoms with Crippen molar-refractivity contribution in [2.45, 2.75) is 44.2 Å². The Morgan fingerprint density at radius 3 is 2.56 bits per heavy atom. The number of para-hydroxylation sites is 2. The van der Waals surface area contributed by atoms with Crippen molar-refractivity contribution < 1.29 is 4.79 Å². The van der Waals surface area contributed by atoms with E-state index in [1.807, 2.05) is 33.7 Å². The second kappa shape index (κ2) is 5.64. The van der Waals surface area contributed by atoms with Crippen LogP contribution in [-0.2, 0) is 0 Å². The summed E-state index contributed by atoms with van der Waals surface area (Å²) < 4.78 is 1.87. The van der Waals surface area contributed by atoms with E-state index in [1.54, 1.807) is 0 Å². The number of piperidine rings is 1. The zero-order valence-corrected chi connectivity index (χ0v) is 14.3.